The lowest BCUT2D eigenvalue weighted by Crippen LogP contribution is -2.05. The maximum absolute atomic E-state index is 10.8. The van der Waals surface area contributed by atoms with Crippen LogP contribution in [0.4, 0.5) is 4.79 Å². The summed E-state index contributed by atoms with van der Waals surface area (Å²) in [4.78, 5) is 9.96. The predicted octanol–water partition coefficient (Wildman–Crippen LogP) is 0.817. The summed E-state index contributed by atoms with van der Waals surface area (Å²) in [5, 5.41) is 18.9. The second-order valence-electron chi connectivity index (χ2n) is 1.81. The molecule has 0 atom stereocenters. The minimum Gasteiger partial charge on any atom is -0.870 e. The lowest BCUT2D eigenvalue weighted by Gasteiger charge is -2.09. The van der Waals surface area contributed by atoms with Crippen LogP contribution >= 0.6 is 0 Å². The highest BCUT2D eigenvalue weighted by Crippen LogP contribution is 2.21. The molecular weight excluding hydrogens is 148 g/mol. The second kappa shape index (κ2) is 2.92. The molecule has 0 heterocycles. The van der Waals surface area contributed by atoms with E-state index in [0.29, 0.717) is 0 Å². The van der Waals surface area contributed by atoms with Crippen LogP contribution in [0.25, 0.3) is 0 Å². The number of carbonyl (C=O) groups is 1. The highest BCUT2D eigenvalue weighted by atomic mass is 16.7. The van der Waals surface area contributed by atoms with Crippen LogP contribution in [-0.2, 0) is 0 Å². The third kappa shape index (κ3) is 1.86. The molecule has 0 unspecified atom stereocenters. The number of para-hydroxylation sites is 2. The Morgan fingerprint density at radius 2 is 2.09 bits per heavy atom. The highest BCUT2D eigenvalue weighted by molar-refractivity contribution is 5.62. The minimum absolute atomic E-state index is 0.167. The van der Waals surface area contributed by atoms with Gasteiger partial charge in [-0.05, 0) is 6.07 Å². The van der Waals surface area contributed by atoms with Crippen molar-refractivity contribution in [1.82, 2.24) is 0 Å². The van der Waals surface area contributed by atoms with E-state index in [0.717, 1.165) is 0 Å². The van der Waals surface area contributed by atoms with E-state index in [4.69, 9.17) is 5.11 Å². The third-order valence-electron chi connectivity index (χ3n) is 1.05. The SMILES string of the molecule is O=C(O)Oc1ccccc1[O-]. The quantitative estimate of drug-likeness (QED) is 0.479. The lowest BCUT2D eigenvalue weighted by atomic mass is 10.3. The van der Waals surface area contributed by atoms with Crippen molar-refractivity contribution in [3.05, 3.63) is 24.3 Å². The van der Waals surface area contributed by atoms with E-state index in [9.17, 15) is 9.90 Å². The summed E-state index contributed by atoms with van der Waals surface area (Å²) in [6, 6.07) is 5.57. The van der Waals surface area contributed by atoms with Crippen LogP contribution in [0, 0.1) is 0 Å². The molecule has 0 amide bonds. The molecule has 1 rings (SSSR count). The largest absolute Gasteiger partial charge is 0.870 e. The number of hydrogen-bond acceptors (Lipinski definition) is 3. The molecule has 0 aliphatic heterocycles. The first-order chi connectivity index (χ1) is 5.20. The van der Waals surface area contributed by atoms with Gasteiger partial charge in [0.25, 0.3) is 0 Å². The fourth-order valence-corrected chi connectivity index (χ4v) is 0.629. The van der Waals surface area contributed by atoms with Crippen molar-refractivity contribution in [2.24, 2.45) is 0 Å². The van der Waals surface area contributed by atoms with Gasteiger partial charge in [-0.25, -0.2) is 4.79 Å². The normalized spacial score (nSPS) is 9.09. The number of ether oxygens (including phenoxy) is 1. The fourth-order valence-electron chi connectivity index (χ4n) is 0.629. The Morgan fingerprint density at radius 3 is 2.64 bits per heavy atom. The highest BCUT2D eigenvalue weighted by Gasteiger charge is 1.98. The molecule has 0 aliphatic rings. The molecule has 0 saturated heterocycles. The van der Waals surface area contributed by atoms with Crippen molar-refractivity contribution in [1.29, 1.82) is 0 Å². The van der Waals surface area contributed by atoms with Gasteiger partial charge in [-0.1, -0.05) is 23.9 Å². The number of hydrogen-bond donors (Lipinski definition) is 1. The Balaban J connectivity index is 2.86. The molecule has 0 fully saturated rings. The molecule has 0 aliphatic carbocycles. The van der Waals surface area contributed by atoms with Crippen LogP contribution in [-0.4, -0.2) is 11.3 Å². The van der Waals surface area contributed by atoms with Crippen LogP contribution in [0.3, 0.4) is 0 Å². The van der Waals surface area contributed by atoms with Crippen LogP contribution in [0.1, 0.15) is 0 Å². The molecule has 1 aromatic rings. The Morgan fingerprint density at radius 1 is 1.45 bits per heavy atom. The summed E-state index contributed by atoms with van der Waals surface area (Å²) in [6.45, 7) is 0. The molecule has 4 heteroatoms. The molecule has 1 aromatic carbocycles. The topological polar surface area (TPSA) is 69.6 Å². The average Bonchev–Trinajstić information content (AvgIpc) is 1.93. The molecule has 0 radical (unpaired) electrons. The van der Waals surface area contributed by atoms with Crippen LogP contribution in [0.5, 0.6) is 11.5 Å². The van der Waals surface area contributed by atoms with Crippen LogP contribution in [0.2, 0.25) is 0 Å². The summed E-state index contributed by atoms with van der Waals surface area (Å²) in [5.41, 5.74) is 0. The summed E-state index contributed by atoms with van der Waals surface area (Å²) in [7, 11) is 0. The zero-order valence-corrected chi connectivity index (χ0v) is 5.48. The van der Waals surface area contributed by atoms with Crippen molar-refractivity contribution in [3.8, 4) is 11.5 Å². The zero-order chi connectivity index (χ0) is 8.27. The van der Waals surface area contributed by atoms with Crippen LogP contribution < -0.4 is 9.84 Å². The van der Waals surface area contributed by atoms with Crippen molar-refractivity contribution < 1.29 is 19.7 Å². The first-order valence-electron chi connectivity index (χ1n) is 2.87. The first kappa shape index (κ1) is 7.40. The maximum atomic E-state index is 10.8. The van der Waals surface area contributed by atoms with Gasteiger partial charge in [0, 0.05) is 0 Å². The van der Waals surface area contributed by atoms with E-state index in [1.165, 1.54) is 24.3 Å². The molecule has 0 spiro atoms. The van der Waals surface area contributed by atoms with Gasteiger partial charge < -0.3 is 14.9 Å². The van der Waals surface area contributed by atoms with Crippen molar-refractivity contribution in [3.63, 3.8) is 0 Å². The Hall–Kier alpha value is -1.71. The van der Waals surface area contributed by atoms with Gasteiger partial charge >= 0.3 is 6.16 Å². The van der Waals surface area contributed by atoms with Gasteiger partial charge in [0.2, 0.25) is 0 Å². The Bertz CT molecular complexity index is 269. The summed E-state index contributed by atoms with van der Waals surface area (Å²) in [5.74, 6) is -0.602. The summed E-state index contributed by atoms with van der Waals surface area (Å²) >= 11 is 0. The number of carboxylic acid groups (broad SMARTS) is 1. The van der Waals surface area contributed by atoms with E-state index < -0.39 is 11.9 Å². The maximum Gasteiger partial charge on any atom is 0.511 e. The smallest absolute Gasteiger partial charge is 0.511 e. The molecule has 11 heavy (non-hydrogen) atoms. The van der Waals surface area contributed by atoms with Gasteiger partial charge in [0.15, 0.2) is 0 Å². The van der Waals surface area contributed by atoms with Crippen molar-refractivity contribution in [2.45, 2.75) is 0 Å². The van der Waals surface area contributed by atoms with Gasteiger partial charge in [-0.3, -0.25) is 0 Å². The van der Waals surface area contributed by atoms with E-state index in [2.05, 4.69) is 4.74 Å². The standard InChI is InChI=1S/C7H6O4/c8-5-3-1-2-4-6(5)11-7(9)10/h1-4,8H,(H,9,10)/p-1. The van der Waals surface area contributed by atoms with Gasteiger partial charge in [0.05, 0.1) is 0 Å². The first-order valence-corrected chi connectivity index (χ1v) is 2.87. The van der Waals surface area contributed by atoms with Gasteiger partial charge in [-0.2, -0.15) is 0 Å². The summed E-state index contributed by atoms with van der Waals surface area (Å²) < 4.78 is 4.15. The molecule has 4 nitrogen and oxygen atoms in total. The average molecular weight is 153 g/mol. The third-order valence-corrected chi connectivity index (χ3v) is 1.05. The van der Waals surface area contributed by atoms with E-state index in [1.54, 1.807) is 0 Å². The van der Waals surface area contributed by atoms with E-state index in [-0.39, 0.29) is 5.75 Å². The molecular formula is C7H5O4-. The zero-order valence-electron chi connectivity index (χ0n) is 5.48. The molecule has 1 N–H and O–H groups in total. The predicted molar refractivity (Wildman–Crippen MR) is 34.5 cm³/mol. The fraction of sp³-hybridized carbons (Fsp3) is 0. The van der Waals surface area contributed by atoms with E-state index in [1.807, 2.05) is 0 Å². The Labute approximate surface area is 62.7 Å². The Kier molecular flexibility index (Phi) is 1.96. The molecule has 0 aromatic heterocycles. The molecule has 0 saturated carbocycles. The molecule has 58 valence electrons. The van der Waals surface area contributed by atoms with Gasteiger partial charge in [-0.15, -0.1) is 0 Å². The van der Waals surface area contributed by atoms with Crippen molar-refractivity contribution in [2.75, 3.05) is 0 Å². The summed E-state index contributed by atoms with van der Waals surface area (Å²) in [6.07, 6.45) is -1.48. The lowest BCUT2D eigenvalue weighted by molar-refractivity contribution is -0.269. The monoisotopic (exact) mass is 153 g/mol. The van der Waals surface area contributed by atoms with Crippen LogP contribution in [0.15, 0.2) is 24.3 Å². The molecule has 0 bridgehead atoms. The minimum atomic E-state index is -1.48. The van der Waals surface area contributed by atoms with Gasteiger partial charge in [0.1, 0.15) is 5.75 Å². The van der Waals surface area contributed by atoms with E-state index >= 15 is 0 Å². The number of rotatable bonds is 1. The number of benzene rings is 1. The second-order valence-corrected chi connectivity index (χ2v) is 1.81. The van der Waals surface area contributed by atoms with Crippen molar-refractivity contribution >= 4 is 6.16 Å².